The molecule has 1 aliphatic rings. The van der Waals surface area contributed by atoms with Crippen molar-refractivity contribution in [1.82, 2.24) is 5.32 Å². The van der Waals surface area contributed by atoms with E-state index in [-0.39, 0.29) is 5.91 Å². The lowest BCUT2D eigenvalue weighted by molar-refractivity contribution is -0.118. The van der Waals surface area contributed by atoms with Gasteiger partial charge in [0.15, 0.2) is 5.17 Å². The van der Waals surface area contributed by atoms with Crippen LogP contribution in [0.25, 0.3) is 0 Å². The van der Waals surface area contributed by atoms with E-state index < -0.39 is 0 Å². The number of thioether (sulfide) groups is 1. The van der Waals surface area contributed by atoms with Crippen LogP contribution in [-0.4, -0.2) is 23.4 Å². The molecule has 4 nitrogen and oxygen atoms in total. The summed E-state index contributed by atoms with van der Waals surface area (Å²) < 4.78 is 0. The maximum Gasteiger partial charge on any atom is 0.217 e. The van der Waals surface area contributed by atoms with Crippen molar-refractivity contribution in [2.75, 3.05) is 12.3 Å². The zero-order chi connectivity index (χ0) is 12.8. The van der Waals surface area contributed by atoms with Gasteiger partial charge in [-0.25, -0.2) is 0 Å². The van der Waals surface area contributed by atoms with Crippen LogP contribution in [0.2, 0.25) is 0 Å². The molecule has 1 saturated heterocycles. The molecule has 2 rings (SSSR count). The SMILES string of the molecule is NC(=O)CCCN=C1NC(c2ccccc2)CS1. The number of carbonyl (C=O) groups excluding carboxylic acids is 1. The third-order valence-electron chi connectivity index (χ3n) is 2.72. The fourth-order valence-corrected chi connectivity index (χ4v) is 2.79. The molecule has 0 radical (unpaired) electrons. The minimum absolute atomic E-state index is 0.260. The Morgan fingerprint density at radius 3 is 2.94 bits per heavy atom. The van der Waals surface area contributed by atoms with Crippen LogP contribution >= 0.6 is 11.8 Å². The van der Waals surface area contributed by atoms with Gasteiger partial charge >= 0.3 is 0 Å². The molecule has 1 amide bonds. The van der Waals surface area contributed by atoms with Crippen LogP contribution < -0.4 is 11.1 Å². The van der Waals surface area contributed by atoms with Crippen molar-refractivity contribution in [3.05, 3.63) is 35.9 Å². The molecule has 1 fully saturated rings. The van der Waals surface area contributed by atoms with Crippen molar-refractivity contribution in [3.8, 4) is 0 Å². The molecular weight excluding hydrogens is 246 g/mol. The van der Waals surface area contributed by atoms with Gasteiger partial charge in [0, 0.05) is 18.7 Å². The van der Waals surface area contributed by atoms with E-state index in [1.807, 2.05) is 18.2 Å². The van der Waals surface area contributed by atoms with E-state index in [9.17, 15) is 4.79 Å². The molecule has 0 saturated carbocycles. The van der Waals surface area contributed by atoms with Gasteiger partial charge in [0.1, 0.15) is 0 Å². The molecule has 1 aliphatic heterocycles. The molecule has 0 spiro atoms. The normalized spacial score (nSPS) is 20.9. The number of hydrogen-bond acceptors (Lipinski definition) is 3. The summed E-state index contributed by atoms with van der Waals surface area (Å²) in [6, 6.07) is 10.7. The highest BCUT2D eigenvalue weighted by molar-refractivity contribution is 8.14. The number of carbonyl (C=O) groups is 1. The average molecular weight is 263 g/mol. The smallest absolute Gasteiger partial charge is 0.217 e. The zero-order valence-electron chi connectivity index (χ0n) is 10.1. The maximum absolute atomic E-state index is 10.6. The molecule has 3 N–H and O–H groups in total. The van der Waals surface area contributed by atoms with E-state index in [2.05, 4.69) is 22.4 Å². The van der Waals surface area contributed by atoms with Gasteiger partial charge in [-0.05, 0) is 12.0 Å². The van der Waals surface area contributed by atoms with Crippen LogP contribution in [0.5, 0.6) is 0 Å². The van der Waals surface area contributed by atoms with Crippen molar-refractivity contribution in [3.63, 3.8) is 0 Å². The number of nitrogens with zero attached hydrogens (tertiary/aromatic N) is 1. The lowest BCUT2D eigenvalue weighted by Crippen LogP contribution is -2.19. The van der Waals surface area contributed by atoms with Crippen LogP contribution in [-0.2, 0) is 4.79 Å². The van der Waals surface area contributed by atoms with Gasteiger partial charge in [0.25, 0.3) is 0 Å². The summed E-state index contributed by atoms with van der Waals surface area (Å²) in [5.41, 5.74) is 6.36. The molecule has 96 valence electrons. The van der Waals surface area contributed by atoms with Crippen molar-refractivity contribution in [2.24, 2.45) is 10.7 Å². The summed E-state index contributed by atoms with van der Waals surface area (Å²) in [5, 5.41) is 4.36. The standard InChI is InChI=1S/C13H17N3OS/c14-12(17)7-4-8-15-13-16-11(9-18-13)10-5-2-1-3-6-10/h1-3,5-6,11H,4,7-9H2,(H2,14,17)(H,15,16). The summed E-state index contributed by atoms with van der Waals surface area (Å²) in [6.07, 6.45) is 1.13. The number of amidine groups is 1. The molecular formula is C13H17N3OS. The highest BCUT2D eigenvalue weighted by atomic mass is 32.2. The van der Waals surface area contributed by atoms with Gasteiger partial charge in [0.2, 0.25) is 5.91 Å². The number of nitrogens with one attached hydrogen (secondary N) is 1. The molecule has 1 aromatic rings. The van der Waals surface area contributed by atoms with E-state index in [0.29, 0.717) is 19.0 Å². The third kappa shape index (κ3) is 3.77. The summed E-state index contributed by atoms with van der Waals surface area (Å²) in [4.78, 5) is 15.0. The number of aliphatic imine (C=N–C) groups is 1. The average Bonchev–Trinajstić information content (AvgIpc) is 2.84. The summed E-state index contributed by atoms with van der Waals surface area (Å²) in [6.45, 7) is 0.653. The number of nitrogens with two attached hydrogens (primary N) is 1. The van der Waals surface area contributed by atoms with E-state index in [0.717, 1.165) is 17.3 Å². The Morgan fingerprint density at radius 2 is 2.22 bits per heavy atom. The van der Waals surface area contributed by atoms with Crippen LogP contribution in [0.1, 0.15) is 24.4 Å². The van der Waals surface area contributed by atoms with Gasteiger partial charge in [-0.1, -0.05) is 42.1 Å². The Kier molecular flexibility index (Phi) is 4.64. The predicted molar refractivity (Wildman–Crippen MR) is 75.5 cm³/mol. The highest BCUT2D eigenvalue weighted by Gasteiger charge is 2.21. The Hall–Kier alpha value is -1.49. The molecule has 0 aliphatic carbocycles. The molecule has 1 unspecified atom stereocenters. The number of primary amides is 1. The number of hydrogen-bond donors (Lipinski definition) is 2. The first-order chi connectivity index (χ1) is 8.75. The summed E-state index contributed by atoms with van der Waals surface area (Å²) in [5.74, 6) is 0.739. The lowest BCUT2D eigenvalue weighted by atomic mass is 10.1. The molecule has 5 heteroatoms. The molecule has 1 aromatic carbocycles. The fraction of sp³-hybridized carbons (Fsp3) is 0.385. The predicted octanol–water partition coefficient (Wildman–Crippen LogP) is 1.69. The number of amides is 1. The Morgan fingerprint density at radius 1 is 1.44 bits per heavy atom. The Labute approximate surface area is 111 Å². The fourth-order valence-electron chi connectivity index (χ4n) is 1.78. The van der Waals surface area contributed by atoms with Crippen molar-refractivity contribution in [2.45, 2.75) is 18.9 Å². The molecule has 18 heavy (non-hydrogen) atoms. The lowest BCUT2D eigenvalue weighted by Gasteiger charge is -2.09. The van der Waals surface area contributed by atoms with Crippen molar-refractivity contribution < 1.29 is 4.79 Å². The minimum atomic E-state index is -0.260. The van der Waals surface area contributed by atoms with Crippen molar-refractivity contribution in [1.29, 1.82) is 0 Å². The first-order valence-electron chi connectivity index (χ1n) is 6.03. The number of rotatable bonds is 5. The molecule has 0 aromatic heterocycles. The first-order valence-corrected chi connectivity index (χ1v) is 7.01. The monoisotopic (exact) mass is 263 g/mol. The van der Waals surface area contributed by atoms with Crippen LogP contribution in [0.4, 0.5) is 0 Å². The molecule has 1 heterocycles. The topological polar surface area (TPSA) is 67.5 Å². The largest absolute Gasteiger partial charge is 0.370 e. The highest BCUT2D eigenvalue weighted by Crippen LogP contribution is 2.25. The second kappa shape index (κ2) is 6.44. The van der Waals surface area contributed by atoms with Crippen LogP contribution in [0.3, 0.4) is 0 Å². The van der Waals surface area contributed by atoms with E-state index in [1.165, 1.54) is 5.56 Å². The minimum Gasteiger partial charge on any atom is -0.370 e. The Bertz CT molecular complexity index is 433. The van der Waals surface area contributed by atoms with Crippen LogP contribution in [0.15, 0.2) is 35.3 Å². The molecule has 0 bridgehead atoms. The maximum atomic E-state index is 10.6. The van der Waals surface area contributed by atoms with E-state index in [1.54, 1.807) is 11.8 Å². The number of benzene rings is 1. The summed E-state index contributed by atoms with van der Waals surface area (Å²) >= 11 is 1.73. The second-order valence-corrected chi connectivity index (χ2v) is 5.18. The Balaban J connectivity index is 1.81. The van der Waals surface area contributed by atoms with Gasteiger partial charge in [-0.2, -0.15) is 0 Å². The summed E-state index contributed by atoms with van der Waals surface area (Å²) in [7, 11) is 0. The second-order valence-electron chi connectivity index (χ2n) is 4.18. The quantitative estimate of drug-likeness (QED) is 0.794. The van der Waals surface area contributed by atoms with Gasteiger partial charge in [-0.3, -0.25) is 9.79 Å². The first kappa shape index (κ1) is 13.0. The zero-order valence-corrected chi connectivity index (χ0v) is 11.0. The van der Waals surface area contributed by atoms with Crippen molar-refractivity contribution >= 4 is 22.8 Å². The van der Waals surface area contributed by atoms with Crippen LogP contribution in [0, 0.1) is 0 Å². The third-order valence-corrected chi connectivity index (χ3v) is 3.74. The van der Waals surface area contributed by atoms with Gasteiger partial charge in [-0.15, -0.1) is 0 Å². The van der Waals surface area contributed by atoms with Gasteiger partial charge in [0.05, 0.1) is 6.04 Å². The van der Waals surface area contributed by atoms with Gasteiger partial charge < -0.3 is 11.1 Å². The van der Waals surface area contributed by atoms with E-state index >= 15 is 0 Å². The molecule has 1 atom stereocenters. The van der Waals surface area contributed by atoms with E-state index in [4.69, 9.17) is 5.73 Å².